The molecule has 2 aromatic rings. The molecule has 29 heavy (non-hydrogen) atoms. The minimum Gasteiger partial charge on any atom is -0.342 e. The molecule has 4 rings (SSSR count). The van der Waals surface area contributed by atoms with Crippen LogP contribution < -0.4 is 5.32 Å². The third-order valence-corrected chi connectivity index (χ3v) is 7.11. The topological polar surface area (TPSA) is 62.3 Å². The number of nitrogens with one attached hydrogen (secondary N) is 1. The van der Waals surface area contributed by atoms with E-state index in [9.17, 15) is 9.59 Å². The Morgan fingerprint density at radius 2 is 1.93 bits per heavy atom. The fourth-order valence-electron chi connectivity index (χ4n) is 4.29. The molecule has 0 radical (unpaired) electrons. The lowest BCUT2D eigenvalue weighted by molar-refractivity contribution is -0.131. The summed E-state index contributed by atoms with van der Waals surface area (Å²) in [5.41, 5.74) is 2.23. The summed E-state index contributed by atoms with van der Waals surface area (Å²) < 4.78 is 0. The molecule has 1 N–H and O–H groups in total. The number of aryl methyl sites for hydroxylation is 1. The Balaban J connectivity index is 1.22. The number of piperidine rings is 1. The van der Waals surface area contributed by atoms with E-state index >= 15 is 0 Å². The van der Waals surface area contributed by atoms with Crippen molar-refractivity contribution in [3.05, 3.63) is 46.5 Å². The average molecular weight is 412 g/mol. The zero-order chi connectivity index (χ0) is 20.2. The van der Waals surface area contributed by atoms with Gasteiger partial charge in [0.25, 0.3) is 0 Å². The zero-order valence-corrected chi connectivity index (χ0v) is 17.8. The van der Waals surface area contributed by atoms with E-state index in [0.717, 1.165) is 49.5 Å². The molecule has 6 heteroatoms. The highest BCUT2D eigenvalue weighted by Crippen LogP contribution is 2.32. The van der Waals surface area contributed by atoms with E-state index in [-0.39, 0.29) is 11.8 Å². The summed E-state index contributed by atoms with van der Waals surface area (Å²) >= 11 is 1.64. The second kappa shape index (κ2) is 9.08. The molecule has 0 spiro atoms. The Kier molecular flexibility index (Phi) is 6.28. The van der Waals surface area contributed by atoms with Crippen molar-refractivity contribution >= 4 is 28.3 Å². The second-order valence-electron chi connectivity index (χ2n) is 8.48. The molecule has 154 valence electrons. The summed E-state index contributed by atoms with van der Waals surface area (Å²) in [5, 5.41) is 3.77. The van der Waals surface area contributed by atoms with Crippen molar-refractivity contribution in [1.82, 2.24) is 9.88 Å². The van der Waals surface area contributed by atoms with Gasteiger partial charge in [0.05, 0.1) is 12.1 Å². The van der Waals surface area contributed by atoms with Gasteiger partial charge in [-0.25, -0.2) is 4.98 Å². The Hall–Kier alpha value is -2.21. The fourth-order valence-corrected chi connectivity index (χ4v) is 5.48. The number of nitrogens with zero attached hydrogens (tertiary/aromatic N) is 2. The van der Waals surface area contributed by atoms with E-state index in [1.807, 2.05) is 35.2 Å². The van der Waals surface area contributed by atoms with Gasteiger partial charge in [-0.3, -0.25) is 9.59 Å². The van der Waals surface area contributed by atoms with E-state index < -0.39 is 0 Å². The maximum atomic E-state index is 12.5. The Morgan fingerprint density at radius 3 is 2.69 bits per heavy atom. The summed E-state index contributed by atoms with van der Waals surface area (Å²) in [5.74, 6) is 1.28. The Labute approximate surface area is 176 Å². The van der Waals surface area contributed by atoms with Gasteiger partial charge in [0.2, 0.25) is 11.8 Å². The van der Waals surface area contributed by atoms with Crippen LogP contribution in [0.5, 0.6) is 0 Å². The molecule has 1 saturated heterocycles. The molecule has 2 aliphatic rings. The SMILES string of the molecule is CC1CCc2nc(NC(=O)CC3CCN(C(=O)Cc4ccccc4)CC3)sc2C1. The molecule has 1 aliphatic heterocycles. The first-order chi connectivity index (χ1) is 14.1. The van der Waals surface area contributed by atoms with Gasteiger partial charge >= 0.3 is 0 Å². The highest BCUT2D eigenvalue weighted by atomic mass is 32.1. The molecule has 5 nitrogen and oxygen atoms in total. The van der Waals surface area contributed by atoms with Gasteiger partial charge in [-0.1, -0.05) is 37.3 Å². The maximum Gasteiger partial charge on any atom is 0.226 e. The summed E-state index contributed by atoms with van der Waals surface area (Å²) in [6.45, 7) is 3.76. The monoisotopic (exact) mass is 411 g/mol. The van der Waals surface area contributed by atoms with Gasteiger partial charge in [0.1, 0.15) is 0 Å². The molecule has 2 heterocycles. The van der Waals surface area contributed by atoms with Crippen LogP contribution in [0, 0.1) is 11.8 Å². The number of benzene rings is 1. The van der Waals surface area contributed by atoms with Crippen molar-refractivity contribution in [2.45, 2.75) is 51.9 Å². The predicted molar refractivity (Wildman–Crippen MR) is 116 cm³/mol. The van der Waals surface area contributed by atoms with Crippen molar-refractivity contribution in [3.8, 4) is 0 Å². The third-order valence-electron chi connectivity index (χ3n) is 6.07. The van der Waals surface area contributed by atoms with Crippen molar-refractivity contribution in [2.24, 2.45) is 11.8 Å². The molecule has 1 aliphatic carbocycles. The van der Waals surface area contributed by atoms with Crippen LogP contribution in [0.2, 0.25) is 0 Å². The molecule has 0 bridgehead atoms. The van der Waals surface area contributed by atoms with Crippen LogP contribution in [-0.4, -0.2) is 34.8 Å². The van der Waals surface area contributed by atoms with Gasteiger partial charge < -0.3 is 10.2 Å². The molecule has 1 unspecified atom stereocenters. The minimum atomic E-state index is 0.0539. The first-order valence-corrected chi connectivity index (χ1v) is 11.5. The molecule has 1 aromatic heterocycles. The van der Waals surface area contributed by atoms with Crippen molar-refractivity contribution in [3.63, 3.8) is 0 Å². The van der Waals surface area contributed by atoms with Crippen LogP contribution in [0.15, 0.2) is 30.3 Å². The van der Waals surface area contributed by atoms with E-state index in [2.05, 4.69) is 17.2 Å². The lowest BCUT2D eigenvalue weighted by Crippen LogP contribution is -2.40. The number of aromatic nitrogens is 1. The maximum absolute atomic E-state index is 12.5. The Bertz CT molecular complexity index is 856. The van der Waals surface area contributed by atoms with Gasteiger partial charge in [-0.15, -0.1) is 11.3 Å². The minimum absolute atomic E-state index is 0.0539. The molecular weight excluding hydrogens is 382 g/mol. The number of carbonyl (C=O) groups is 2. The number of anilines is 1. The third kappa shape index (κ3) is 5.24. The highest BCUT2D eigenvalue weighted by molar-refractivity contribution is 7.15. The van der Waals surface area contributed by atoms with E-state index in [4.69, 9.17) is 0 Å². The van der Waals surface area contributed by atoms with Gasteiger partial charge in [-0.2, -0.15) is 0 Å². The highest BCUT2D eigenvalue weighted by Gasteiger charge is 2.25. The van der Waals surface area contributed by atoms with Crippen molar-refractivity contribution < 1.29 is 9.59 Å². The average Bonchev–Trinajstić information content (AvgIpc) is 3.10. The Morgan fingerprint density at radius 1 is 1.17 bits per heavy atom. The lowest BCUT2D eigenvalue weighted by Gasteiger charge is -2.31. The normalized spacial score (nSPS) is 19.6. The number of likely N-dealkylation sites (tertiary alicyclic amines) is 1. The lowest BCUT2D eigenvalue weighted by atomic mass is 9.93. The number of amides is 2. The van der Waals surface area contributed by atoms with Gasteiger partial charge in [0, 0.05) is 24.4 Å². The zero-order valence-electron chi connectivity index (χ0n) is 17.0. The molecule has 0 saturated carbocycles. The number of rotatable bonds is 5. The standard InChI is InChI=1S/C23H29N3O2S/c1-16-7-8-19-20(13-16)29-23(24-19)25-21(27)14-18-9-11-26(12-10-18)22(28)15-17-5-3-2-4-6-17/h2-6,16,18H,7-15H2,1H3,(H,24,25,27). The number of thiazole rings is 1. The number of carbonyl (C=O) groups excluding carboxylic acids is 2. The summed E-state index contributed by atoms with van der Waals surface area (Å²) in [7, 11) is 0. The van der Waals surface area contributed by atoms with Crippen LogP contribution in [0.3, 0.4) is 0 Å². The van der Waals surface area contributed by atoms with Crippen LogP contribution in [0.4, 0.5) is 5.13 Å². The summed E-state index contributed by atoms with van der Waals surface area (Å²) in [6.07, 6.45) is 6.04. The van der Waals surface area contributed by atoms with Crippen LogP contribution in [-0.2, 0) is 28.9 Å². The van der Waals surface area contributed by atoms with E-state index in [1.165, 1.54) is 17.0 Å². The summed E-state index contributed by atoms with van der Waals surface area (Å²) in [4.78, 5) is 32.9. The van der Waals surface area contributed by atoms with Crippen molar-refractivity contribution in [1.29, 1.82) is 0 Å². The fraction of sp³-hybridized carbons (Fsp3) is 0.522. The van der Waals surface area contributed by atoms with Crippen LogP contribution in [0.1, 0.15) is 48.7 Å². The molecule has 1 aromatic carbocycles. The second-order valence-corrected chi connectivity index (χ2v) is 9.56. The smallest absolute Gasteiger partial charge is 0.226 e. The molecular formula is C23H29N3O2S. The van der Waals surface area contributed by atoms with Gasteiger partial charge in [-0.05, 0) is 49.5 Å². The summed E-state index contributed by atoms with van der Waals surface area (Å²) in [6, 6.07) is 9.88. The van der Waals surface area contributed by atoms with E-state index in [1.54, 1.807) is 11.3 Å². The number of hydrogen-bond donors (Lipinski definition) is 1. The molecule has 1 atom stereocenters. The molecule has 1 fully saturated rings. The molecule has 2 amide bonds. The van der Waals surface area contributed by atoms with Crippen LogP contribution in [0.25, 0.3) is 0 Å². The van der Waals surface area contributed by atoms with Crippen molar-refractivity contribution in [2.75, 3.05) is 18.4 Å². The first kappa shape index (κ1) is 20.1. The van der Waals surface area contributed by atoms with Gasteiger partial charge in [0.15, 0.2) is 5.13 Å². The first-order valence-electron chi connectivity index (χ1n) is 10.7. The number of hydrogen-bond acceptors (Lipinski definition) is 4. The largest absolute Gasteiger partial charge is 0.342 e. The predicted octanol–water partition coefficient (Wildman–Crippen LogP) is 4.08. The quantitative estimate of drug-likeness (QED) is 0.806. The van der Waals surface area contributed by atoms with Crippen LogP contribution >= 0.6 is 11.3 Å². The van der Waals surface area contributed by atoms with E-state index in [0.29, 0.717) is 24.7 Å². The number of fused-ring (bicyclic) bond motifs is 1.